The van der Waals surface area contributed by atoms with Gasteiger partial charge in [0, 0.05) is 24.1 Å². The molecular formula is C22H28N4O2. The summed E-state index contributed by atoms with van der Waals surface area (Å²) in [4.78, 5) is 17.2. The van der Waals surface area contributed by atoms with Crippen molar-refractivity contribution in [2.75, 3.05) is 6.54 Å². The van der Waals surface area contributed by atoms with Crippen molar-refractivity contribution in [2.45, 2.75) is 65.1 Å². The number of aliphatic imine (C=N–C) groups is 1. The first-order chi connectivity index (χ1) is 13.4. The van der Waals surface area contributed by atoms with Gasteiger partial charge in [0.25, 0.3) is 5.91 Å². The zero-order valence-corrected chi connectivity index (χ0v) is 16.8. The number of carbonyl (C=O) groups is 1. The molecular weight excluding hydrogens is 352 g/mol. The SMILES string of the molecule is CC1=NC(O)C(CNC(=O)c2cc(C)cc3c2cnn3C2CCCC2)=C(C)C1. The lowest BCUT2D eigenvalue weighted by Crippen LogP contribution is -2.31. The summed E-state index contributed by atoms with van der Waals surface area (Å²) in [5.74, 6) is -0.140. The molecule has 1 atom stereocenters. The van der Waals surface area contributed by atoms with E-state index < -0.39 is 6.23 Å². The second kappa shape index (κ2) is 7.51. The Labute approximate surface area is 165 Å². The molecule has 2 aliphatic rings. The minimum atomic E-state index is -0.864. The van der Waals surface area contributed by atoms with E-state index in [-0.39, 0.29) is 5.91 Å². The fourth-order valence-electron chi connectivity index (χ4n) is 4.48. The van der Waals surface area contributed by atoms with Crippen LogP contribution in [0.15, 0.2) is 34.5 Å². The summed E-state index contributed by atoms with van der Waals surface area (Å²) in [6.45, 7) is 6.21. The third-order valence-electron chi connectivity index (χ3n) is 5.94. The second-order valence-corrected chi connectivity index (χ2v) is 8.18. The second-order valence-electron chi connectivity index (χ2n) is 8.18. The van der Waals surface area contributed by atoms with Crippen molar-refractivity contribution in [2.24, 2.45) is 4.99 Å². The number of hydrogen-bond donors (Lipinski definition) is 2. The van der Waals surface area contributed by atoms with Gasteiger partial charge in [-0.2, -0.15) is 5.10 Å². The first-order valence-electron chi connectivity index (χ1n) is 10.1. The molecule has 0 bridgehead atoms. The van der Waals surface area contributed by atoms with Crippen molar-refractivity contribution in [3.05, 3.63) is 40.6 Å². The molecule has 0 spiro atoms. The van der Waals surface area contributed by atoms with Crippen molar-refractivity contribution in [3.63, 3.8) is 0 Å². The predicted molar refractivity (Wildman–Crippen MR) is 111 cm³/mol. The van der Waals surface area contributed by atoms with E-state index in [1.165, 1.54) is 12.8 Å². The van der Waals surface area contributed by atoms with Crippen LogP contribution in [0.25, 0.3) is 10.9 Å². The van der Waals surface area contributed by atoms with Crippen LogP contribution in [0.2, 0.25) is 0 Å². The number of nitrogens with zero attached hydrogens (tertiary/aromatic N) is 3. The number of allylic oxidation sites excluding steroid dienone is 1. The van der Waals surface area contributed by atoms with E-state index in [2.05, 4.69) is 26.2 Å². The third-order valence-corrected chi connectivity index (χ3v) is 5.94. The summed E-state index contributed by atoms with van der Waals surface area (Å²) in [7, 11) is 0. The molecule has 2 aromatic rings. The monoisotopic (exact) mass is 380 g/mol. The van der Waals surface area contributed by atoms with Crippen LogP contribution in [0, 0.1) is 6.92 Å². The van der Waals surface area contributed by atoms with E-state index in [0.717, 1.165) is 52.6 Å². The number of aliphatic hydroxyl groups is 1. The predicted octanol–water partition coefficient (Wildman–Crippen LogP) is 3.69. The zero-order chi connectivity index (χ0) is 19.8. The molecule has 0 radical (unpaired) electrons. The number of carbonyl (C=O) groups excluding carboxylic acids is 1. The Hall–Kier alpha value is -2.47. The van der Waals surface area contributed by atoms with Gasteiger partial charge in [0.2, 0.25) is 0 Å². The minimum absolute atomic E-state index is 0.140. The lowest BCUT2D eigenvalue weighted by atomic mass is 9.99. The Morgan fingerprint density at radius 1 is 1.25 bits per heavy atom. The standard InChI is InChI=1S/C22H28N4O2/c1-13-8-17(19-12-24-26(20(19)9-13)16-6-4-5-7-16)21(27)23-11-18-14(2)10-15(3)25-22(18)28/h8-9,12,16,22,28H,4-7,10-11H2,1-3H3,(H,23,27). The Morgan fingerprint density at radius 3 is 2.71 bits per heavy atom. The molecule has 6 heteroatoms. The summed E-state index contributed by atoms with van der Waals surface area (Å²) in [6.07, 6.45) is 6.47. The Balaban J connectivity index is 1.58. The fourth-order valence-corrected chi connectivity index (χ4v) is 4.48. The van der Waals surface area contributed by atoms with Crippen molar-refractivity contribution < 1.29 is 9.90 Å². The van der Waals surface area contributed by atoms with Gasteiger partial charge >= 0.3 is 0 Å². The topological polar surface area (TPSA) is 79.5 Å². The Kier molecular flexibility index (Phi) is 5.06. The Morgan fingerprint density at radius 2 is 2.00 bits per heavy atom. The van der Waals surface area contributed by atoms with Gasteiger partial charge in [0.1, 0.15) is 0 Å². The minimum Gasteiger partial charge on any atom is -0.368 e. The van der Waals surface area contributed by atoms with Crippen LogP contribution in [0.1, 0.15) is 67.9 Å². The number of aromatic nitrogens is 2. The van der Waals surface area contributed by atoms with E-state index in [9.17, 15) is 9.90 Å². The van der Waals surface area contributed by atoms with Crippen molar-refractivity contribution in [1.82, 2.24) is 15.1 Å². The number of hydrogen-bond acceptors (Lipinski definition) is 4. The molecule has 1 unspecified atom stereocenters. The average molecular weight is 380 g/mol. The number of fused-ring (bicyclic) bond motifs is 1. The highest BCUT2D eigenvalue weighted by Crippen LogP contribution is 2.33. The summed E-state index contributed by atoms with van der Waals surface area (Å²) in [5.41, 5.74) is 5.49. The van der Waals surface area contributed by atoms with Gasteiger partial charge in [0.15, 0.2) is 6.23 Å². The van der Waals surface area contributed by atoms with Crippen LogP contribution < -0.4 is 5.32 Å². The highest BCUT2D eigenvalue weighted by molar-refractivity contribution is 6.06. The smallest absolute Gasteiger partial charge is 0.252 e. The number of aryl methyl sites for hydroxylation is 1. The molecule has 0 saturated heterocycles. The first kappa shape index (κ1) is 18.9. The number of aliphatic hydroxyl groups excluding tert-OH is 1. The number of nitrogens with one attached hydrogen (secondary N) is 1. The van der Waals surface area contributed by atoms with E-state index in [0.29, 0.717) is 18.2 Å². The summed E-state index contributed by atoms with van der Waals surface area (Å²) in [6, 6.07) is 4.47. The summed E-state index contributed by atoms with van der Waals surface area (Å²) in [5, 5.41) is 18.7. The molecule has 148 valence electrons. The number of benzene rings is 1. The lowest BCUT2D eigenvalue weighted by Gasteiger charge is -2.21. The average Bonchev–Trinajstić information content (AvgIpc) is 3.28. The van der Waals surface area contributed by atoms with Crippen LogP contribution in [-0.4, -0.2) is 39.3 Å². The Bertz CT molecular complexity index is 980. The van der Waals surface area contributed by atoms with Gasteiger partial charge in [-0.3, -0.25) is 14.5 Å². The maximum absolute atomic E-state index is 13.0. The van der Waals surface area contributed by atoms with Crippen LogP contribution in [0.5, 0.6) is 0 Å². The highest BCUT2D eigenvalue weighted by Gasteiger charge is 2.23. The van der Waals surface area contributed by atoms with Gasteiger partial charge in [-0.05, 0) is 56.9 Å². The molecule has 1 fully saturated rings. The normalized spacial score (nSPS) is 20.7. The molecule has 1 aromatic heterocycles. The zero-order valence-electron chi connectivity index (χ0n) is 16.8. The molecule has 2 N–H and O–H groups in total. The maximum atomic E-state index is 13.0. The fraction of sp³-hybridized carbons (Fsp3) is 0.500. The largest absolute Gasteiger partial charge is 0.368 e. The van der Waals surface area contributed by atoms with E-state index in [1.54, 1.807) is 0 Å². The van der Waals surface area contributed by atoms with Crippen molar-refractivity contribution >= 4 is 22.5 Å². The van der Waals surface area contributed by atoms with Crippen LogP contribution >= 0.6 is 0 Å². The third kappa shape index (κ3) is 3.49. The summed E-state index contributed by atoms with van der Waals surface area (Å²) >= 11 is 0. The molecule has 1 aliphatic carbocycles. The summed E-state index contributed by atoms with van der Waals surface area (Å²) < 4.78 is 2.10. The van der Waals surface area contributed by atoms with Gasteiger partial charge in [0.05, 0.1) is 23.3 Å². The van der Waals surface area contributed by atoms with Crippen LogP contribution in [0.4, 0.5) is 0 Å². The molecule has 1 aliphatic heterocycles. The molecule has 28 heavy (non-hydrogen) atoms. The molecule has 2 heterocycles. The molecule has 1 aromatic carbocycles. The van der Waals surface area contributed by atoms with Gasteiger partial charge < -0.3 is 10.4 Å². The van der Waals surface area contributed by atoms with Gasteiger partial charge in [-0.1, -0.05) is 18.4 Å². The van der Waals surface area contributed by atoms with Crippen LogP contribution in [0.3, 0.4) is 0 Å². The molecule has 6 nitrogen and oxygen atoms in total. The number of amides is 1. The molecule has 1 amide bonds. The highest BCUT2D eigenvalue weighted by atomic mass is 16.3. The number of dihydropyridines is 1. The molecule has 4 rings (SSSR count). The van der Waals surface area contributed by atoms with Crippen LogP contribution in [-0.2, 0) is 0 Å². The van der Waals surface area contributed by atoms with E-state index in [4.69, 9.17) is 0 Å². The molecule has 1 saturated carbocycles. The number of rotatable bonds is 4. The maximum Gasteiger partial charge on any atom is 0.252 e. The quantitative estimate of drug-likeness (QED) is 0.794. The van der Waals surface area contributed by atoms with Gasteiger partial charge in [-0.25, -0.2) is 0 Å². The van der Waals surface area contributed by atoms with Crippen molar-refractivity contribution in [1.29, 1.82) is 0 Å². The lowest BCUT2D eigenvalue weighted by molar-refractivity contribution is 0.0955. The van der Waals surface area contributed by atoms with Crippen molar-refractivity contribution in [3.8, 4) is 0 Å². The van der Waals surface area contributed by atoms with E-state index in [1.807, 2.05) is 33.0 Å². The first-order valence-corrected chi connectivity index (χ1v) is 10.1. The van der Waals surface area contributed by atoms with E-state index >= 15 is 0 Å². The van der Waals surface area contributed by atoms with Gasteiger partial charge in [-0.15, -0.1) is 0 Å².